The van der Waals surface area contributed by atoms with Crippen molar-refractivity contribution in [1.82, 2.24) is 5.32 Å². The van der Waals surface area contributed by atoms with Crippen LogP contribution in [0.1, 0.15) is 5.56 Å². The van der Waals surface area contributed by atoms with E-state index in [9.17, 15) is 4.79 Å². The van der Waals surface area contributed by atoms with E-state index in [1.165, 1.54) is 0 Å². The number of nitrogens with one attached hydrogen (secondary N) is 2. The van der Waals surface area contributed by atoms with Crippen molar-refractivity contribution in [2.75, 3.05) is 12.4 Å². The Morgan fingerprint density at radius 2 is 1.90 bits per heavy atom. The molecular formula is C16H16N2O2S. The van der Waals surface area contributed by atoms with Crippen LogP contribution in [0.2, 0.25) is 0 Å². The van der Waals surface area contributed by atoms with Gasteiger partial charge in [-0.2, -0.15) is 0 Å². The van der Waals surface area contributed by atoms with Crippen LogP contribution < -0.4 is 15.4 Å². The Morgan fingerprint density at radius 1 is 1.14 bits per heavy atom. The molecule has 0 aromatic heterocycles. The van der Waals surface area contributed by atoms with Gasteiger partial charge in [0.05, 0.1) is 7.11 Å². The molecule has 2 aromatic carbocycles. The van der Waals surface area contributed by atoms with Crippen LogP contribution in [-0.2, 0) is 11.3 Å². The summed E-state index contributed by atoms with van der Waals surface area (Å²) in [5.41, 5.74) is 1.71. The summed E-state index contributed by atoms with van der Waals surface area (Å²) < 4.78 is 5.10. The van der Waals surface area contributed by atoms with E-state index in [-0.39, 0.29) is 10.9 Å². The van der Waals surface area contributed by atoms with Crippen LogP contribution >= 0.6 is 12.2 Å². The first kappa shape index (κ1) is 15.0. The van der Waals surface area contributed by atoms with Crippen molar-refractivity contribution in [3.8, 4) is 5.75 Å². The Hall–Kier alpha value is -2.40. The van der Waals surface area contributed by atoms with Crippen LogP contribution in [0.3, 0.4) is 0 Å². The second kappa shape index (κ2) is 7.40. The van der Waals surface area contributed by atoms with Gasteiger partial charge in [0.25, 0.3) is 5.91 Å². The molecule has 0 radical (unpaired) electrons. The van der Waals surface area contributed by atoms with Gasteiger partial charge >= 0.3 is 0 Å². The highest BCUT2D eigenvalue weighted by atomic mass is 32.1. The van der Waals surface area contributed by atoms with Gasteiger partial charge in [0, 0.05) is 18.3 Å². The monoisotopic (exact) mass is 300 g/mol. The highest BCUT2D eigenvalue weighted by Gasteiger charge is 2.09. The number of rotatable bonds is 4. The Morgan fingerprint density at radius 3 is 2.62 bits per heavy atom. The molecule has 0 unspecified atom stereocenters. The minimum Gasteiger partial charge on any atom is -0.497 e. The van der Waals surface area contributed by atoms with E-state index in [0.717, 1.165) is 5.56 Å². The average Bonchev–Trinajstić information content (AvgIpc) is 2.53. The van der Waals surface area contributed by atoms with Crippen LogP contribution in [0.25, 0.3) is 0 Å². The molecule has 0 aliphatic carbocycles. The molecule has 21 heavy (non-hydrogen) atoms. The number of carbonyl (C=O) groups excluding carboxylic acids is 1. The van der Waals surface area contributed by atoms with Crippen LogP contribution in [0.15, 0.2) is 54.6 Å². The van der Waals surface area contributed by atoms with Gasteiger partial charge < -0.3 is 15.4 Å². The lowest BCUT2D eigenvalue weighted by molar-refractivity contribution is -0.110. The number of benzene rings is 2. The highest BCUT2D eigenvalue weighted by Crippen LogP contribution is 2.16. The van der Waals surface area contributed by atoms with Crippen molar-refractivity contribution < 1.29 is 9.53 Å². The number of methoxy groups -OCH3 is 1. The SMILES string of the molecule is COc1cccc(NC(=O)C(=S)NCc2ccccc2)c1. The molecule has 2 N–H and O–H groups in total. The maximum Gasteiger partial charge on any atom is 0.283 e. The summed E-state index contributed by atoms with van der Waals surface area (Å²) in [5, 5.41) is 5.67. The molecule has 0 heterocycles. The first-order valence-corrected chi connectivity index (χ1v) is 6.87. The summed E-state index contributed by atoms with van der Waals surface area (Å²) in [6.07, 6.45) is 0. The van der Waals surface area contributed by atoms with Gasteiger partial charge in [-0.3, -0.25) is 4.79 Å². The second-order valence-electron chi connectivity index (χ2n) is 4.35. The second-order valence-corrected chi connectivity index (χ2v) is 4.76. The molecule has 0 spiro atoms. The van der Waals surface area contributed by atoms with E-state index < -0.39 is 0 Å². The molecule has 0 saturated heterocycles. The molecule has 1 amide bonds. The summed E-state index contributed by atoms with van der Waals surface area (Å²) in [4.78, 5) is 12.1. The molecule has 2 aromatic rings. The van der Waals surface area contributed by atoms with Gasteiger partial charge in [0.1, 0.15) is 5.75 Å². The maximum absolute atomic E-state index is 12.0. The Labute approximate surface area is 129 Å². The van der Waals surface area contributed by atoms with Crippen LogP contribution in [0.4, 0.5) is 5.69 Å². The number of hydrogen-bond donors (Lipinski definition) is 2. The molecule has 0 bridgehead atoms. The topological polar surface area (TPSA) is 50.4 Å². The van der Waals surface area contributed by atoms with Crippen LogP contribution in [0.5, 0.6) is 5.75 Å². The Bertz CT molecular complexity index is 629. The molecular weight excluding hydrogens is 284 g/mol. The van der Waals surface area contributed by atoms with Crippen molar-refractivity contribution >= 4 is 28.8 Å². The van der Waals surface area contributed by atoms with Crippen molar-refractivity contribution in [3.05, 3.63) is 60.2 Å². The third kappa shape index (κ3) is 4.57. The lowest BCUT2D eigenvalue weighted by Gasteiger charge is -2.09. The fourth-order valence-corrected chi connectivity index (χ4v) is 1.87. The molecule has 0 atom stereocenters. The minimum absolute atomic E-state index is 0.154. The van der Waals surface area contributed by atoms with Gasteiger partial charge in [-0.1, -0.05) is 48.6 Å². The van der Waals surface area contributed by atoms with Crippen molar-refractivity contribution in [2.45, 2.75) is 6.54 Å². The molecule has 108 valence electrons. The smallest absolute Gasteiger partial charge is 0.283 e. The molecule has 0 saturated carbocycles. The summed E-state index contributed by atoms with van der Waals surface area (Å²) in [6, 6.07) is 16.9. The average molecular weight is 300 g/mol. The fraction of sp³-hybridized carbons (Fsp3) is 0.125. The van der Waals surface area contributed by atoms with E-state index in [2.05, 4.69) is 10.6 Å². The number of hydrogen-bond acceptors (Lipinski definition) is 3. The van der Waals surface area contributed by atoms with Crippen molar-refractivity contribution in [3.63, 3.8) is 0 Å². The molecule has 0 aliphatic heterocycles. The molecule has 2 rings (SSSR count). The van der Waals surface area contributed by atoms with Crippen LogP contribution in [0, 0.1) is 0 Å². The zero-order valence-corrected chi connectivity index (χ0v) is 12.4. The third-order valence-electron chi connectivity index (χ3n) is 2.83. The largest absolute Gasteiger partial charge is 0.497 e. The first-order chi connectivity index (χ1) is 10.2. The lowest BCUT2D eigenvalue weighted by Crippen LogP contribution is -2.33. The lowest BCUT2D eigenvalue weighted by atomic mass is 10.2. The predicted molar refractivity (Wildman–Crippen MR) is 87.5 cm³/mol. The highest BCUT2D eigenvalue weighted by molar-refractivity contribution is 7.82. The minimum atomic E-state index is -0.339. The van der Waals surface area contributed by atoms with E-state index >= 15 is 0 Å². The van der Waals surface area contributed by atoms with E-state index in [0.29, 0.717) is 18.0 Å². The van der Waals surface area contributed by atoms with Crippen molar-refractivity contribution in [1.29, 1.82) is 0 Å². The maximum atomic E-state index is 12.0. The summed E-state index contributed by atoms with van der Waals surface area (Å²) in [5.74, 6) is 0.338. The quantitative estimate of drug-likeness (QED) is 0.853. The van der Waals surface area contributed by atoms with Crippen LogP contribution in [-0.4, -0.2) is 18.0 Å². The zero-order chi connectivity index (χ0) is 15.1. The van der Waals surface area contributed by atoms with E-state index in [1.54, 1.807) is 25.3 Å². The fourth-order valence-electron chi connectivity index (χ4n) is 1.75. The normalized spacial score (nSPS) is 9.76. The molecule has 0 aliphatic rings. The third-order valence-corrected chi connectivity index (χ3v) is 3.16. The molecule has 4 nitrogen and oxygen atoms in total. The summed E-state index contributed by atoms with van der Waals surface area (Å²) in [7, 11) is 1.58. The number of anilines is 1. The Balaban J connectivity index is 1.89. The van der Waals surface area contributed by atoms with E-state index in [4.69, 9.17) is 17.0 Å². The standard InChI is InChI=1S/C16H16N2O2S/c1-20-14-9-5-8-13(10-14)18-15(19)16(21)17-11-12-6-3-2-4-7-12/h2-10H,11H2,1H3,(H,17,21)(H,18,19). The van der Waals surface area contributed by atoms with E-state index in [1.807, 2.05) is 36.4 Å². The first-order valence-electron chi connectivity index (χ1n) is 6.46. The van der Waals surface area contributed by atoms with Gasteiger partial charge in [0.15, 0.2) is 4.99 Å². The van der Waals surface area contributed by atoms with Gasteiger partial charge in [-0.25, -0.2) is 0 Å². The summed E-state index contributed by atoms with van der Waals surface area (Å²) >= 11 is 5.08. The van der Waals surface area contributed by atoms with Gasteiger partial charge in [-0.15, -0.1) is 0 Å². The number of ether oxygens (including phenoxy) is 1. The predicted octanol–water partition coefficient (Wildman–Crippen LogP) is 2.75. The number of thiocarbonyl (C=S) groups is 1. The van der Waals surface area contributed by atoms with Gasteiger partial charge in [0.2, 0.25) is 0 Å². The Kier molecular flexibility index (Phi) is 5.29. The van der Waals surface area contributed by atoms with Crippen molar-refractivity contribution in [2.24, 2.45) is 0 Å². The molecule has 5 heteroatoms. The van der Waals surface area contributed by atoms with Gasteiger partial charge in [-0.05, 0) is 17.7 Å². The number of amides is 1. The zero-order valence-electron chi connectivity index (χ0n) is 11.6. The molecule has 0 fully saturated rings. The number of carbonyl (C=O) groups is 1. The summed E-state index contributed by atoms with van der Waals surface area (Å²) in [6.45, 7) is 0.519.